The molecule has 3 N–H and O–H groups in total. The van der Waals surface area contributed by atoms with Crippen LogP contribution in [0, 0.1) is 0 Å². The van der Waals surface area contributed by atoms with E-state index in [1.807, 2.05) is 24.3 Å². The molecule has 1 heterocycles. The molecule has 2 aliphatic carbocycles. The first-order valence-electron chi connectivity index (χ1n) is 11.6. The normalized spacial score (nSPS) is 20.4. The van der Waals surface area contributed by atoms with Crippen molar-refractivity contribution in [2.75, 3.05) is 5.32 Å². The quantitative estimate of drug-likeness (QED) is 0.293. The first-order chi connectivity index (χ1) is 16.4. The SMILES string of the molecule is O=C1Nc2c(Br)cc(Br)cc2C1C1C(Cc2cc(O)c3c(c2O)CCCC3)=Cc2ccccc21. The molecule has 1 aliphatic heterocycles. The molecule has 6 rings (SSSR count). The van der Waals surface area contributed by atoms with E-state index in [0.717, 1.165) is 79.3 Å². The van der Waals surface area contributed by atoms with Crippen LogP contribution in [0.2, 0.25) is 0 Å². The van der Waals surface area contributed by atoms with Gasteiger partial charge in [-0.2, -0.15) is 0 Å². The molecule has 2 atom stereocenters. The Morgan fingerprint density at radius 2 is 1.71 bits per heavy atom. The molecule has 3 aliphatic rings. The van der Waals surface area contributed by atoms with E-state index in [0.29, 0.717) is 12.2 Å². The lowest BCUT2D eigenvalue weighted by Gasteiger charge is -2.25. The van der Waals surface area contributed by atoms with Crippen LogP contribution in [0.1, 0.15) is 58.1 Å². The van der Waals surface area contributed by atoms with Gasteiger partial charge in [-0.05, 0) is 82.9 Å². The number of carbonyl (C=O) groups is 1. The molecule has 0 saturated heterocycles. The fourth-order valence-electron chi connectivity index (χ4n) is 5.93. The summed E-state index contributed by atoms with van der Waals surface area (Å²) < 4.78 is 1.76. The van der Waals surface area contributed by atoms with E-state index >= 15 is 0 Å². The Kier molecular flexibility index (Phi) is 5.34. The monoisotopic (exact) mass is 579 g/mol. The van der Waals surface area contributed by atoms with Gasteiger partial charge < -0.3 is 15.5 Å². The number of allylic oxidation sites excluding steroid dienone is 1. The number of phenolic OH excluding ortho intramolecular Hbond substituents is 2. The zero-order valence-electron chi connectivity index (χ0n) is 18.4. The number of hydrogen-bond acceptors (Lipinski definition) is 3. The second kappa shape index (κ2) is 8.28. The summed E-state index contributed by atoms with van der Waals surface area (Å²) in [5.41, 5.74) is 7.53. The largest absolute Gasteiger partial charge is 0.508 e. The van der Waals surface area contributed by atoms with Crippen molar-refractivity contribution < 1.29 is 15.0 Å². The Labute approximate surface area is 215 Å². The minimum Gasteiger partial charge on any atom is -0.508 e. The average Bonchev–Trinajstić information content (AvgIpc) is 3.33. The fourth-order valence-corrected chi connectivity index (χ4v) is 7.29. The van der Waals surface area contributed by atoms with Crippen LogP contribution in [0.3, 0.4) is 0 Å². The lowest BCUT2D eigenvalue weighted by molar-refractivity contribution is -0.117. The molecule has 1 amide bonds. The summed E-state index contributed by atoms with van der Waals surface area (Å²) >= 11 is 7.17. The number of amides is 1. The van der Waals surface area contributed by atoms with E-state index in [1.54, 1.807) is 6.07 Å². The zero-order valence-corrected chi connectivity index (χ0v) is 21.5. The van der Waals surface area contributed by atoms with Gasteiger partial charge in [-0.25, -0.2) is 0 Å². The molecular formula is C28H23Br2NO3. The number of nitrogens with one attached hydrogen (secondary N) is 1. The van der Waals surface area contributed by atoms with Gasteiger partial charge in [-0.15, -0.1) is 0 Å². The van der Waals surface area contributed by atoms with Crippen molar-refractivity contribution >= 4 is 49.5 Å². The third kappa shape index (κ3) is 3.42. The third-order valence-electron chi connectivity index (χ3n) is 7.43. The number of aromatic hydroxyl groups is 2. The molecule has 0 spiro atoms. The number of anilines is 1. The lowest BCUT2D eigenvalue weighted by atomic mass is 9.78. The van der Waals surface area contributed by atoms with E-state index < -0.39 is 0 Å². The second-order valence-corrected chi connectivity index (χ2v) is 11.2. The molecule has 0 fully saturated rings. The first-order valence-corrected chi connectivity index (χ1v) is 13.2. The number of hydrogen-bond donors (Lipinski definition) is 3. The van der Waals surface area contributed by atoms with Gasteiger partial charge in [0.2, 0.25) is 5.91 Å². The van der Waals surface area contributed by atoms with Crippen LogP contribution in [0.25, 0.3) is 6.08 Å². The predicted octanol–water partition coefficient (Wildman–Crippen LogP) is 6.96. The topological polar surface area (TPSA) is 69.6 Å². The highest BCUT2D eigenvalue weighted by molar-refractivity contribution is 9.11. The van der Waals surface area contributed by atoms with Crippen LogP contribution in [-0.4, -0.2) is 16.1 Å². The van der Waals surface area contributed by atoms with Gasteiger partial charge in [0.15, 0.2) is 0 Å². The summed E-state index contributed by atoms with van der Waals surface area (Å²) in [6.07, 6.45) is 6.25. The Hall–Kier alpha value is -2.57. The summed E-state index contributed by atoms with van der Waals surface area (Å²) in [6, 6.07) is 13.9. The van der Waals surface area contributed by atoms with Crippen LogP contribution in [0.5, 0.6) is 11.5 Å². The highest BCUT2D eigenvalue weighted by Crippen LogP contribution is 2.53. The number of benzene rings is 3. The Morgan fingerprint density at radius 1 is 0.941 bits per heavy atom. The summed E-state index contributed by atoms with van der Waals surface area (Å²) in [5, 5.41) is 24.9. The number of carbonyl (C=O) groups excluding carboxylic acids is 1. The van der Waals surface area contributed by atoms with Gasteiger partial charge in [-0.1, -0.05) is 51.8 Å². The number of fused-ring (bicyclic) bond motifs is 3. The highest BCUT2D eigenvalue weighted by Gasteiger charge is 2.43. The van der Waals surface area contributed by atoms with Crippen LogP contribution in [0.4, 0.5) is 5.69 Å². The maximum atomic E-state index is 13.3. The summed E-state index contributed by atoms with van der Waals surface area (Å²) in [7, 11) is 0. The van der Waals surface area contributed by atoms with Crippen LogP contribution in [-0.2, 0) is 24.1 Å². The van der Waals surface area contributed by atoms with Gasteiger partial charge in [-0.3, -0.25) is 4.79 Å². The predicted molar refractivity (Wildman–Crippen MR) is 140 cm³/mol. The molecule has 2 unspecified atom stereocenters. The number of phenols is 2. The van der Waals surface area contributed by atoms with Crippen LogP contribution in [0.15, 0.2) is 57.0 Å². The molecule has 3 aromatic rings. The van der Waals surface area contributed by atoms with Crippen molar-refractivity contribution in [1.29, 1.82) is 0 Å². The Morgan fingerprint density at radius 3 is 2.53 bits per heavy atom. The molecule has 6 heteroatoms. The fraction of sp³-hybridized carbons (Fsp3) is 0.250. The van der Waals surface area contributed by atoms with E-state index in [1.165, 1.54) is 0 Å². The van der Waals surface area contributed by atoms with Crippen molar-refractivity contribution in [1.82, 2.24) is 0 Å². The van der Waals surface area contributed by atoms with E-state index in [2.05, 4.69) is 55.4 Å². The van der Waals surface area contributed by atoms with Crippen molar-refractivity contribution in [3.63, 3.8) is 0 Å². The molecule has 3 aromatic carbocycles. The number of rotatable bonds is 3. The summed E-state index contributed by atoms with van der Waals surface area (Å²) in [4.78, 5) is 13.3. The second-order valence-electron chi connectivity index (χ2n) is 9.39. The van der Waals surface area contributed by atoms with Gasteiger partial charge >= 0.3 is 0 Å². The molecule has 0 radical (unpaired) electrons. The summed E-state index contributed by atoms with van der Waals surface area (Å²) in [6.45, 7) is 0. The Balaban J connectivity index is 1.46. The van der Waals surface area contributed by atoms with Crippen LogP contribution >= 0.6 is 31.9 Å². The zero-order chi connectivity index (χ0) is 23.6. The minimum absolute atomic E-state index is 0.0288. The van der Waals surface area contributed by atoms with E-state index in [9.17, 15) is 15.0 Å². The van der Waals surface area contributed by atoms with E-state index in [-0.39, 0.29) is 23.5 Å². The number of halogens is 2. The summed E-state index contributed by atoms with van der Waals surface area (Å²) in [5.74, 6) is -0.000878. The molecule has 0 aromatic heterocycles. The van der Waals surface area contributed by atoms with Gasteiger partial charge in [0, 0.05) is 31.6 Å². The van der Waals surface area contributed by atoms with Crippen molar-refractivity contribution in [2.24, 2.45) is 0 Å². The lowest BCUT2D eigenvalue weighted by Crippen LogP contribution is -2.20. The molecule has 4 nitrogen and oxygen atoms in total. The Bertz CT molecular complexity index is 1390. The van der Waals surface area contributed by atoms with Gasteiger partial charge in [0.05, 0.1) is 11.6 Å². The smallest absolute Gasteiger partial charge is 0.232 e. The van der Waals surface area contributed by atoms with Gasteiger partial charge in [0.1, 0.15) is 11.5 Å². The standard InChI is InChI=1S/C28H23Br2NO3/c29-17-12-21-25(28(34)31-26(21)22(30)13-17)24-15(9-14-5-1-2-6-18(14)24)10-16-11-23(32)19-7-3-4-8-20(19)27(16)33/h1-2,5-6,9,11-13,24-25,32-33H,3-4,7-8,10H2,(H,31,34). The molecule has 0 saturated carbocycles. The molecular weight excluding hydrogens is 558 g/mol. The molecule has 0 bridgehead atoms. The third-order valence-corrected chi connectivity index (χ3v) is 8.51. The average molecular weight is 581 g/mol. The van der Waals surface area contributed by atoms with Crippen molar-refractivity contribution in [2.45, 2.75) is 43.9 Å². The molecule has 34 heavy (non-hydrogen) atoms. The maximum absolute atomic E-state index is 13.3. The van der Waals surface area contributed by atoms with Crippen molar-refractivity contribution in [3.8, 4) is 11.5 Å². The van der Waals surface area contributed by atoms with Crippen molar-refractivity contribution in [3.05, 3.63) is 90.4 Å². The minimum atomic E-state index is -0.382. The van der Waals surface area contributed by atoms with Gasteiger partial charge in [0.25, 0.3) is 0 Å². The van der Waals surface area contributed by atoms with Crippen LogP contribution < -0.4 is 5.32 Å². The first kappa shape index (κ1) is 21.9. The molecule has 172 valence electrons. The maximum Gasteiger partial charge on any atom is 0.232 e. The van der Waals surface area contributed by atoms with E-state index in [4.69, 9.17) is 0 Å². The highest BCUT2D eigenvalue weighted by atomic mass is 79.9.